The Kier molecular flexibility index (Phi) is 6.71. The number of carbonyl (C=O) groups excluding carboxylic acids is 2. The molecule has 0 aliphatic carbocycles. The molecule has 2 aromatic rings. The predicted molar refractivity (Wildman–Crippen MR) is 128 cm³/mol. The van der Waals surface area contributed by atoms with Crippen LogP contribution in [0.5, 0.6) is 5.75 Å². The Morgan fingerprint density at radius 1 is 1.36 bits per heavy atom. The predicted octanol–water partition coefficient (Wildman–Crippen LogP) is -0.368. The van der Waals surface area contributed by atoms with Gasteiger partial charge in [0, 0.05) is 17.2 Å². The molecule has 36 heavy (non-hydrogen) atoms. The van der Waals surface area contributed by atoms with Gasteiger partial charge in [-0.3, -0.25) is 19.3 Å². The van der Waals surface area contributed by atoms with E-state index in [1.165, 1.54) is 36.4 Å². The quantitative estimate of drug-likeness (QED) is 0.134. The van der Waals surface area contributed by atoms with Crippen LogP contribution >= 0.6 is 23.1 Å². The third-order valence-corrected chi connectivity index (χ3v) is 7.12. The molecule has 1 saturated heterocycles. The number of carboxylic acids is 1. The second-order valence-electron chi connectivity index (χ2n) is 7.36. The molecule has 2 aromatic heterocycles. The molecule has 4 heterocycles. The molecule has 0 radical (unpaired) electrons. The van der Waals surface area contributed by atoms with Gasteiger partial charge >= 0.3 is 5.97 Å². The number of aromatic nitrogens is 2. The number of aromatic hydroxyl groups is 1. The van der Waals surface area contributed by atoms with E-state index in [0.717, 1.165) is 28.5 Å². The normalized spacial score (nSPS) is 19.8. The Bertz CT molecular complexity index is 1410. The van der Waals surface area contributed by atoms with Crippen LogP contribution in [0.25, 0.3) is 6.08 Å². The molecule has 16 heteroatoms. The van der Waals surface area contributed by atoms with Crippen LogP contribution in [0.3, 0.4) is 0 Å². The molecule has 0 saturated carbocycles. The Balaban J connectivity index is 1.56. The van der Waals surface area contributed by atoms with E-state index in [1.807, 2.05) is 0 Å². The highest BCUT2D eigenvalue weighted by molar-refractivity contribution is 8.00. The van der Waals surface area contributed by atoms with Crippen molar-refractivity contribution in [2.45, 2.75) is 11.4 Å². The van der Waals surface area contributed by atoms with Gasteiger partial charge in [-0.15, -0.1) is 23.1 Å². The molecule has 2 aliphatic heterocycles. The lowest BCUT2D eigenvalue weighted by Crippen LogP contribution is -2.71. The largest absolute Gasteiger partial charge is 0.503 e. The highest BCUT2D eigenvalue weighted by atomic mass is 32.2. The molecule has 2 amide bonds. The number of oxime groups is 1. The van der Waals surface area contributed by atoms with Crippen molar-refractivity contribution in [3.63, 3.8) is 0 Å². The second kappa shape index (κ2) is 9.74. The van der Waals surface area contributed by atoms with Crippen molar-refractivity contribution in [2.75, 3.05) is 18.6 Å². The lowest BCUT2D eigenvalue weighted by Gasteiger charge is -2.49. The van der Waals surface area contributed by atoms with E-state index in [0.29, 0.717) is 4.73 Å². The number of anilines is 1. The summed E-state index contributed by atoms with van der Waals surface area (Å²) < 4.78 is 0.502. The van der Waals surface area contributed by atoms with Gasteiger partial charge < -0.3 is 31.3 Å². The third-order valence-electron chi connectivity index (χ3n) is 5.14. The first kappa shape index (κ1) is 24.8. The van der Waals surface area contributed by atoms with Gasteiger partial charge in [-0.2, -0.15) is 4.73 Å². The first-order valence-electron chi connectivity index (χ1n) is 10.00. The molecule has 2 aliphatic rings. The Hall–Kier alpha value is -4.31. The van der Waals surface area contributed by atoms with E-state index < -0.39 is 40.4 Å². The van der Waals surface area contributed by atoms with Crippen LogP contribution in [0, 0.1) is 0 Å². The van der Waals surface area contributed by atoms with E-state index >= 15 is 0 Å². The Morgan fingerprint density at radius 2 is 2.11 bits per heavy atom. The van der Waals surface area contributed by atoms with E-state index in [9.17, 15) is 34.6 Å². The molecule has 2 atom stereocenters. The SMILES string of the molecule is CO/N=C(\C(=O)N[C@@H]1C(=O)N2C(C(=O)O)=C(C=Cc3cc(=O)c(O)cn3O)CS[C@H]12)c1csc(N)n1. The van der Waals surface area contributed by atoms with E-state index in [4.69, 9.17) is 10.6 Å². The highest BCUT2D eigenvalue weighted by Gasteiger charge is 2.54. The molecule has 4 rings (SSSR count). The smallest absolute Gasteiger partial charge is 0.352 e. The number of pyridine rings is 1. The molecule has 0 bridgehead atoms. The number of hydrogen-bond acceptors (Lipinski definition) is 12. The Labute approximate surface area is 209 Å². The molecule has 0 aromatic carbocycles. The van der Waals surface area contributed by atoms with Crippen molar-refractivity contribution in [1.29, 1.82) is 0 Å². The third kappa shape index (κ3) is 4.50. The first-order valence-corrected chi connectivity index (χ1v) is 11.9. The van der Waals surface area contributed by atoms with Crippen molar-refractivity contribution in [2.24, 2.45) is 5.16 Å². The zero-order valence-corrected chi connectivity index (χ0v) is 19.9. The fourth-order valence-corrected chi connectivity index (χ4v) is 5.38. The number of aliphatic carboxylic acids is 1. The number of amides is 2. The van der Waals surface area contributed by atoms with Gasteiger partial charge in [0.2, 0.25) is 5.43 Å². The summed E-state index contributed by atoms with van der Waals surface area (Å²) in [5.74, 6) is -3.28. The maximum atomic E-state index is 12.9. The van der Waals surface area contributed by atoms with Crippen molar-refractivity contribution >= 4 is 57.8 Å². The van der Waals surface area contributed by atoms with Gasteiger partial charge in [-0.25, -0.2) is 9.78 Å². The second-order valence-corrected chi connectivity index (χ2v) is 9.35. The van der Waals surface area contributed by atoms with Gasteiger partial charge in [-0.05, 0) is 11.6 Å². The molecular weight excluding hydrogens is 516 g/mol. The molecular formula is C20H18N6O8S2. The number of hydrogen-bond donors (Lipinski definition) is 5. The van der Waals surface area contributed by atoms with Crippen LogP contribution in [0.4, 0.5) is 5.13 Å². The van der Waals surface area contributed by atoms with Gasteiger partial charge in [0.1, 0.15) is 29.9 Å². The van der Waals surface area contributed by atoms with Crippen LogP contribution in [0.15, 0.2) is 44.9 Å². The zero-order chi connectivity index (χ0) is 26.1. The lowest BCUT2D eigenvalue weighted by atomic mass is 10.0. The van der Waals surface area contributed by atoms with Crippen LogP contribution in [0.2, 0.25) is 0 Å². The molecule has 0 unspecified atom stereocenters. The summed E-state index contributed by atoms with van der Waals surface area (Å²) in [5, 5.41) is 36.2. The number of carboxylic acid groups (broad SMARTS) is 1. The molecule has 1 fully saturated rings. The standard InChI is InChI=1S/C20H18N6O8S2/c1-34-24-13(10-7-36-20(21)22-10)16(29)23-14-17(30)26-15(19(31)32)8(6-35-18(14)26)2-3-9-4-11(27)12(28)5-25(9)33/h2-5,7,14,18,28,33H,6H2,1H3,(H2,21,22)(H,23,29)(H,31,32)/b3-2?,24-13-/t14-,18-/m1/s1. The topological polar surface area (TPSA) is 210 Å². The number of rotatable bonds is 7. The van der Waals surface area contributed by atoms with Crippen molar-refractivity contribution in [3.8, 4) is 5.75 Å². The summed E-state index contributed by atoms with van der Waals surface area (Å²) in [6.07, 6.45) is 3.42. The average molecular weight is 535 g/mol. The summed E-state index contributed by atoms with van der Waals surface area (Å²) in [5.41, 5.74) is 4.76. The summed E-state index contributed by atoms with van der Waals surface area (Å²) in [6.45, 7) is 0. The van der Waals surface area contributed by atoms with E-state index in [2.05, 4.69) is 15.5 Å². The highest BCUT2D eigenvalue weighted by Crippen LogP contribution is 2.40. The van der Waals surface area contributed by atoms with Gasteiger partial charge in [0.15, 0.2) is 16.6 Å². The monoisotopic (exact) mass is 534 g/mol. The summed E-state index contributed by atoms with van der Waals surface area (Å²) >= 11 is 2.30. The van der Waals surface area contributed by atoms with E-state index in [-0.39, 0.29) is 39.3 Å². The summed E-state index contributed by atoms with van der Waals surface area (Å²) in [7, 11) is 1.24. The summed E-state index contributed by atoms with van der Waals surface area (Å²) in [4.78, 5) is 59.1. The maximum Gasteiger partial charge on any atom is 0.352 e. The minimum absolute atomic E-state index is 0.0186. The molecule has 188 valence electrons. The first-order chi connectivity index (χ1) is 17.1. The van der Waals surface area contributed by atoms with Crippen LogP contribution in [-0.4, -0.2) is 77.8 Å². The van der Waals surface area contributed by atoms with Crippen LogP contribution in [-0.2, 0) is 19.2 Å². The number of nitrogens with one attached hydrogen (secondary N) is 1. The number of β-lactam (4-membered cyclic amide) rings is 1. The van der Waals surface area contributed by atoms with Crippen molar-refractivity contribution in [3.05, 3.63) is 56.6 Å². The van der Waals surface area contributed by atoms with Gasteiger partial charge in [0.05, 0.1) is 11.9 Å². The van der Waals surface area contributed by atoms with Crippen LogP contribution in [0.1, 0.15) is 11.4 Å². The number of nitrogens with two attached hydrogens (primary N) is 1. The fourth-order valence-electron chi connectivity index (χ4n) is 3.51. The fraction of sp³-hybridized carbons (Fsp3) is 0.200. The molecule has 14 nitrogen and oxygen atoms in total. The number of thiazole rings is 1. The van der Waals surface area contributed by atoms with Gasteiger partial charge in [0.25, 0.3) is 11.8 Å². The van der Waals surface area contributed by atoms with Gasteiger partial charge in [-0.1, -0.05) is 11.2 Å². The number of thioether (sulfide) groups is 1. The number of nitrogen functional groups attached to an aromatic ring is 1. The van der Waals surface area contributed by atoms with E-state index in [1.54, 1.807) is 0 Å². The Morgan fingerprint density at radius 3 is 2.75 bits per heavy atom. The van der Waals surface area contributed by atoms with Crippen molar-refractivity contribution in [1.82, 2.24) is 19.9 Å². The number of allylic oxidation sites excluding steroid dienone is 1. The van der Waals surface area contributed by atoms with Crippen LogP contribution < -0.4 is 16.5 Å². The number of nitrogens with zero attached hydrogens (tertiary/aromatic N) is 4. The molecule has 6 N–H and O–H groups in total. The van der Waals surface area contributed by atoms with Crippen molar-refractivity contribution < 1.29 is 34.6 Å². The minimum Gasteiger partial charge on any atom is -0.503 e. The lowest BCUT2D eigenvalue weighted by molar-refractivity contribution is -0.150. The summed E-state index contributed by atoms with van der Waals surface area (Å²) in [6, 6.07) is -0.0683. The number of carbonyl (C=O) groups is 3. The maximum absolute atomic E-state index is 12.9. The minimum atomic E-state index is -1.37. The molecule has 0 spiro atoms. The average Bonchev–Trinajstić information content (AvgIpc) is 3.27. The zero-order valence-electron chi connectivity index (χ0n) is 18.3. The number of fused-ring (bicyclic) bond motifs is 1.